The SMILES string of the molecule is Cc1cc(C)c2scc(I)c2c1. The van der Waals surface area contributed by atoms with Crippen molar-refractivity contribution in [2.75, 3.05) is 0 Å². The number of rotatable bonds is 0. The lowest BCUT2D eigenvalue weighted by Crippen LogP contribution is -1.77. The van der Waals surface area contributed by atoms with Crippen LogP contribution in [0.2, 0.25) is 0 Å². The van der Waals surface area contributed by atoms with Gasteiger partial charge in [-0.25, -0.2) is 0 Å². The van der Waals surface area contributed by atoms with E-state index in [1.807, 2.05) is 11.3 Å². The fourth-order valence-electron chi connectivity index (χ4n) is 1.46. The molecule has 0 spiro atoms. The Hall–Kier alpha value is -0.0900. The summed E-state index contributed by atoms with van der Waals surface area (Å²) in [5, 5.41) is 3.63. The predicted octanol–water partition coefficient (Wildman–Crippen LogP) is 4.12. The fraction of sp³-hybridized carbons (Fsp3) is 0.200. The molecule has 1 aromatic heterocycles. The molecule has 1 heterocycles. The molecule has 0 unspecified atom stereocenters. The van der Waals surface area contributed by atoms with Gasteiger partial charge in [-0.05, 0) is 48.1 Å². The van der Waals surface area contributed by atoms with Crippen LogP contribution in [0.1, 0.15) is 11.1 Å². The van der Waals surface area contributed by atoms with Crippen LogP contribution in [0.15, 0.2) is 17.5 Å². The van der Waals surface area contributed by atoms with Gasteiger partial charge < -0.3 is 0 Å². The van der Waals surface area contributed by atoms with E-state index in [4.69, 9.17) is 0 Å². The predicted molar refractivity (Wildman–Crippen MR) is 64.0 cm³/mol. The lowest BCUT2D eigenvalue weighted by atomic mass is 10.1. The first kappa shape index (κ1) is 8.51. The van der Waals surface area contributed by atoms with Crippen molar-refractivity contribution in [3.63, 3.8) is 0 Å². The van der Waals surface area contributed by atoms with Crippen LogP contribution in [0.3, 0.4) is 0 Å². The summed E-state index contributed by atoms with van der Waals surface area (Å²) < 4.78 is 2.81. The van der Waals surface area contributed by atoms with E-state index in [0.717, 1.165) is 0 Å². The van der Waals surface area contributed by atoms with E-state index < -0.39 is 0 Å². The van der Waals surface area contributed by atoms with E-state index in [1.54, 1.807) is 0 Å². The van der Waals surface area contributed by atoms with Gasteiger partial charge in [0, 0.05) is 19.0 Å². The van der Waals surface area contributed by atoms with E-state index >= 15 is 0 Å². The quantitative estimate of drug-likeness (QED) is 0.640. The first-order valence-corrected chi connectivity index (χ1v) is 5.78. The molecule has 0 amide bonds. The van der Waals surface area contributed by atoms with Gasteiger partial charge in [-0.2, -0.15) is 0 Å². The summed E-state index contributed by atoms with van der Waals surface area (Å²) in [6.07, 6.45) is 0. The van der Waals surface area contributed by atoms with Crippen LogP contribution in [-0.2, 0) is 0 Å². The second-order valence-electron chi connectivity index (χ2n) is 3.04. The van der Waals surface area contributed by atoms with E-state index in [9.17, 15) is 0 Å². The summed E-state index contributed by atoms with van der Waals surface area (Å²) in [6.45, 7) is 4.34. The maximum atomic E-state index is 2.40. The topological polar surface area (TPSA) is 0 Å². The summed E-state index contributed by atoms with van der Waals surface area (Å²) >= 11 is 4.24. The largest absolute Gasteiger partial charge is 0.142 e. The molecule has 0 radical (unpaired) electrons. The molecule has 0 fully saturated rings. The molecule has 0 saturated carbocycles. The second-order valence-corrected chi connectivity index (χ2v) is 5.08. The molecule has 0 aliphatic heterocycles. The summed E-state index contributed by atoms with van der Waals surface area (Å²) in [6, 6.07) is 4.51. The van der Waals surface area contributed by atoms with Crippen LogP contribution in [0.5, 0.6) is 0 Å². The van der Waals surface area contributed by atoms with E-state index in [2.05, 4.69) is 54.0 Å². The highest BCUT2D eigenvalue weighted by Gasteiger charge is 2.03. The fourth-order valence-corrected chi connectivity index (χ4v) is 3.34. The van der Waals surface area contributed by atoms with Crippen LogP contribution in [0.4, 0.5) is 0 Å². The van der Waals surface area contributed by atoms with Crippen LogP contribution < -0.4 is 0 Å². The molecular weight excluding hydrogens is 279 g/mol. The Morgan fingerprint density at radius 3 is 2.75 bits per heavy atom. The first-order chi connectivity index (χ1) is 5.68. The molecule has 0 atom stereocenters. The van der Waals surface area contributed by atoms with Gasteiger partial charge in [0.15, 0.2) is 0 Å². The smallest absolute Gasteiger partial charge is 0.0383 e. The van der Waals surface area contributed by atoms with Gasteiger partial charge in [0.05, 0.1) is 0 Å². The highest BCUT2D eigenvalue weighted by molar-refractivity contribution is 14.1. The minimum absolute atomic E-state index is 1.36. The third kappa shape index (κ3) is 1.27. The number of hydrogen-bond acceptors (Lipinski definition) is 1. The molecule has 0 saturated heterocycles. The van der Waals surface area contributed by atoms with Crippen molar-refractivity contribution in [1.29, 1.82) is 0 Å². The zero-order valence-corrected chi connectivity index (χ0v) is 9.99. The zero-order chi connectivity index (χ0) is 8.72. The standard InChI is InChI=1S/C10H9IS/c1-6-3-7(2)10-8(4-6)9(11)5-12-10/h3-5H,1-2H3. The first-order valence-electron chi connectivity index (χ1n) is 3.82. The number of halogens is 1. The van der Waals surface area contributed by atoms with Crippen molar-refractivity contribution in [2.45, 2.75) is 13.8 Å². The second kappa shape index (κ2) is 3.00. The molecule has 0 bridgehead atoms. The number of aryl methyl sites for hydroxylation is 2. The highest BCUT2D eigenvalue weighted by atomic mass is 127. The van der Waals surface area contributed by atoms with Crippen molar-refractivity contribution in [2.24, 2.45) is 0 Å². The molecule has 0 aliphatic carbocycles. The van der Waals surface area contributed by atoms with E-state index in [0.29, 0.717) is 0 Å². The number of fused-ring (bicyclic) bond motifs is 1. The molecule has 0 nitrogen and oxygen atoms in total. The molecule has 12 heavy (non-hydrogen) atoms. The summed E-state index contributed by atoms with van der Waals surface area (Å²) in [7, 11) is 0. The molecular formula is C10H9IS. The molecule has 2 heteroatoms. The van der Waals surface area contributed by atoms with Crippen LogP contribution in [-0.4, -0.2) is 0 Å². The van der Waals surface area contributed by atoms with Gasteiger partial charge in [0.25, 0.3) is 0 Å². The Morgan fingerprint density at radius 2 is 2.00 bits per heavy atom. The van der Waals surface area contributed by atoms with Crippen LogP contribution in [0, 0.1) is 17.4 Å². The van der Waals surface area contributed by atoms with Crippen molar-refractivity contribution >= 4 is 44.0 Å². The average Bonchev–Trinajstić information content (AvgIpc) is 2.33. The zero-order valence-electron chi connectivity index (χ0n) is 7.02. The van der Waals surface area contributed by atoms with Gasteiger partial charge in [0.2, 0.25) is 0 Å². The van der Waals surface area contributed by atoms with Crippen LogP contribution >= 0.6 is 33.9 Å². The average molecular weight is 288 g/mol. The van der Waals surface area contributed by atoms with Crippen molar-refractivity contribution in [3.8, 4) is 0 Å². The summed E-state index contributed by atoms with van der Waals surface area (Å²) in [5.74, 6) is 0. The lowest BCUT2D eigenvalue weighted by Gasteiger charge is -1.98. The maximum absolute atomic E-state index is 2.40. The van der Waals surface area contributed by atoms with Gasteiger partial charge in [-0.15, -0.1) is 11.3 Å². The molecule has 62 valence electrons. The van der Waals surface area contributed by atoms with Crippen molar-refractivity contribution < 1.29 is 0 Å². The Labute approximate surface area is 89.7 Å². The minimum Gasteiger partial charge on any atom is -0.142 e. The Kier molecular flexibility index (Phi) is 2.12. The van der Waals surface area contributed by atoms with E-state index in [-0.39, 0.29) is 0 Å². The lowest BCUT2D eigenvalue weighted by molar-refractivity contribution is 1.44. The number of hydrogen-bond donors (Lipinski definition) is 0. The number of benzene rings is 1. The normalized spacial score (nSPS) is 10.9. The minimum atomic E-state index is 1.36. The molecule has 2 aromatic rings. The summed E-state index contributed by atoms with van der Waals surface area (Å²) in [4.78, 5) is 0. The third-order valence-corrected chi connectivity index (χ3v) is 4.40. The third-order valence-electron chi connectivity index (χ3n) is 1.96. The Balaban J connectivity index is 2.92. The highest BCUT2D eigenvalue weighted by Crippen LogP contribution is 2.30. The van der Waals surface area contributed by atoms with Gasteiger partial charge in [-0.3, -0.25) is 0 Å². The molecule has 0 aliphatic rings. The Morgan fingerprint density at radius 1 is 1.25 bits per heavy atom. The van der Waals surface area contributed by atoms with Gasteiger partial charge >= 0.3 is 0 Å². The molecule has 1 aromatic carbocycles. The molecule has 2 rings (SSSR count). The maximum Gasteiger partial charge on any atom is 0.0383 e. The Bertz CT molecular complexity index is 429. The van der Waals surface area contributed by atoms with E-state index in [1.165, 1.54) is 24.8 Å². The van der Waals surface area contributed by atoms with Crippen LogP contribution in [0.25, 0.3) is 10.1 Å². The molecule has 0 N–H and O–H groups in total. The van der Waals surface area contributed by atoms with Gasteiger partial charge in [0.1, 0.15) is 0 Å². The monoisotopic (exact) mass is 288 g/mol. The van der Waals surface area contributed by atoms with Gasteiger partial charge in [-0.1, -0.05) is 11.6 Å². The van der Waals surface area contributed by atoms with Crippen molar-refractivity contribution in [3.05, 3.63) is 32.2 Å². The summed E-state index contributed by atoms with van der Waals surface area (Å²) in [5.41, 5.74) is 2.76. The number of thiophene rings is 1. The van der Waals surface area contributed by atoms with Crippen molar-refractivity contribution in [1.82, 2.24) is 0 Å².